The molecule has 3 aromatic heterocycles. The van der Waals surface area contributed by atoms with Gasteiger partial charge < -0.3 is 51.2 Å². The number of phosphoric ester groups is 2. The highest BCUT2D eigenvalue weighted by Crippen LogP contribution is 2.61. The molecule has 2 aliphatic rings. The largest absolute Gasteiger partial charge is 0.481 e. The van der Waals surface area contributed by atoms with E-state index in [4.69, 9.17) is 35.5 Å². The first-order chi connectivity index (χ1) is 27.0. The quantitative estimate of drug-likeness (QED) is 0.0139. The highest BCUT2D eigenvalue weighted by Gasteiger charge is 2.50. The number of nitrogens with zero attached hydrogens (tertiary/aromatic N) is 8. The lowest BCUT2D eigenvalue weighted by molar-refractivity contribution is -0.765. The normalized spacial score (nSPS) is 26.8. The lowest BCUT2D eigenvalue weighted by atomic mass is 10.1. The number of anilines is 1. The van der Waals surface area contributed by atoms with Crippen LogP contribution in [-0.4, -0.2) is 117 Å². The Bertz CT molecular complexity index is 2300. The zero-order chi connectivity index (χ0) is 41.2. The van der Waals surface area contributed by atoms with Crippen molar-refractivity contribution in [2.45, 2.75) is 54.2 Å². The van der Waals surface area contributed by atoms with E-state index in [0.29, 0.717) is 5.69 Å². The number of ketones is 1. The Morgan fingerprint density at radius 3 is 2.26 bits per heavy atom. The van der Waals surface area contributed by atoms with Gasteiger partial charge in [-0.1, -0.05) is 41.1 Å². The second-order valence-electron chi connectivity index (χ2n) is 12.3. The van der Waals surface area contributed by atoms with Crippen LogP contribution >= 0.6 is 27.4 Å². The monoisotopic (exact) mass is 855 g/mol. The van der Waals surface area contributed by atoms with Gasteiger partial charge >= 0.3 is 15.6 Å². The number of aromatic nitrogens is 5. The minimum atomic E-state index is -5.50. The van der Waals surface area contributed by atoms with Crippen LogP contribution in [0.2, 0.25) is 0 Å². The molecule has 0 spiro atoms. The lowest BCUT2D eigenvalue weighted by Crippen LogP contribution is -2.46. The number of aliphatic hydroxyl groups is 4. The number of fused-ring (bicyclic) bond motifs is 1. The minimum absolute atomic E-state index is 0.0245. The van der Waals surface area contributed by atoms with Crippen molar-refractivity contribution in [2.75, 3.05) is 24.7 Å². The number of hydrogen-bond donors (Lipinski definition) is 8. The highest BCUT2D eigenvalue weighted by atomic mass is 32.2. The molecule has 0 aliphatic carbocycles. The summed E-state index contributed by atoms with van der Waals surface area (Å²) in [6.45, 7) is -1.95. The van der Waals surface area contributed by atoms with Gasteiger partial charge in [-0.15, -0.1) is 0 Å². The molecule has 4 aromatic rings. The first kappa shape index (κ1) is 42.2. The number of Topliss-reactive ketones (excluding diaryl/α,β-unsaturated/α-hetero) is 1. The van der Waals surface area contributed by atoms with Crippen LogP contribution < -0.4 is 16.0 Å². The fourth-order valence-electron chi connectivity index (χ4n) is 5.72. The van der Waals surface area contributed by atoms with Gasteiger partial charge in [0.05, 0.1) is 19.0 Å². The van der Waals surface area contributed by atoms with E-state index in [-0.39, 0.29) is 44.8 Å². The molecule has 0 bridgehead atoms. The number of benzene rings is 1. The van der Waals surface area contributed by atoms with Gasteiger partial charge in [-0.05, 0) is 11.6 Å². The fourth-order valence-corrected chi connectivity index (χ4v) is 8.72. The van der Waals surface area contributed by atoms with Gasteiger partial charge in [-0.2, -0.15) is 8.88 Å². The van der Waals surface area contributed by atoms with E-state index >= 15 is 0 Å². The second kappa shape index (κ2) is 17.2. The van der Waals surface area contributed by atoms with Crippen molar-refractivity contribution in [1.82, 2.24) is 19.5 Å². The summed E-state index contributed by atoms with van der Waals surface area (Å²) in [5.41, 5.74) is 20.6. The molecule has 25 nitrogen and oxygen atoms in total. The fraction of sp³-hybridized carbons (Fsp3) is 0.379. The van der Waals surface area contributed by atoms with Crippen molar-refractivity contribution in [2.24, 2.45) is 10.8 Å². The molecule has 2 saturated heterocycles. The predicted octanol–water partition coefficient (Wildman–Crippen LogP) is -0.0991. The maximum atomic E-state index is 13.0. The van der Waals surface area contributed by atoms with Crippen LogP contribution in [-0.2, 0) is 32.0 Å². The van der Waals surface area contributed by atoms with Crippen LogP contribution in [0.15, 0.2) is 65.4 Å². The summed E-state index contributed by atoms with van der Waals surface area (Å²) in [6.07, 6.45) is -9.03. The van der Waals surface area contributed by atoms with Gasteiger partial charge in [0.1, 0.15) is 42.4 Å². The number of amides is 1. The number of phosphoric acid groups is 2. The summed E-state index contributed by atoms with van der Waals surface area (Å²) >= 11 is 0.888. The molecule has 10 N–H and O–H groups in total. The summed E-state index contributed by atoms with van der Waals surface area (Å²) < 4.78 is 53.0. The number of carbonyl (C=O) groups is 2. The third kappa shape index (κ3) is 9.48. The Balaban J connectivity index is 1.08. The molecule has 1 aromatic carbocycles. The van der Waals surface area contributed by atoms with E-state index in [2.05, 4.69) is 29.3 Å². The number of ether oxygens (including phenoxy) is 2. The lowest BCUT2D eigenvalue weighted by Gasteiger charge is -2.20. The number of pyridine rings is 1. The molecule has 10 atom stereocenters. The van der Waals surface area contributed by atoms with Gasteiger partial charge in [0.2, 0.25) is 0 Å². The number of thioether (sulfide) groups is 1. The van der Waals surface area contributed by atoms with Crippen LogP contribution in [0, 0.1) is 0 Å². The number of azide groups is 1. The molecule has 6 rings (SSSR count). The predicted molar refractivity (Wildman–Crippen MR) is 190 cm³/mol. The van der Waals surface area contributed by atoms with Gasteiger partial charge in [0.15, 0.2) is 52.6 Å². The summed E-state index contributed by atoms with van der Waals surface area (Å²) in [5.74, 6) is -1.43. The number of nitrogen functional groups attached to an aromatic ring is 1. The second-order valence-corrected chi connectivity index (χ2v) is 16.2. The molecule has 57 heavy (non-hydrogen) atoms. The molecule has 2 aliphatic heterocycles. The Morgan fingerprint density at radius 2 is 1.61 bits per heavy atom. The highest BCUT2D eigenvalue weighted by molar-refractivity contribution is 7.99. The average molecular weight is 856 g/mol. The van der Waals surface area contributed by atoms with E-state index in [1.165, 1.54) is 57.9 Å². The third-order valence-corrected chi connectivity index (χ3v) is 12.0. The molecule has 1 amide bonds. The van der Waals surface area contributed by atoms with Crippen molar-refractivity contribution < 1.29 is 76.3 Å². The number of hydrogen-bond acceptors (Lipinski definition) is 19. The molecular weight excluding hydrogens is 822 g/mol. The molecule has 2 fully saturated rings. The Kier molecular flexibility index (Phi) is 12.7. The smallest absolute Gasteiger partial charge is 0.387 e. The van der Waals surface area contributed by atoms with E-state index in [9.17, 15) is 48.9 Å². The molecule has 10 unspecified atom stereocenters. The van der Waals surface area contributed by atoms with Crippen molar-refractivity contribution in [1.29, 1.82) is 0 Å². The molecule has 0 radical (unpaired) electrons. The third-order valence-electron chi connectivity index (χ3n) is 8.49. The van der Waals surface area contributed by atoms with E-state index in [1.807, 2.05) is 0 Å². The van der Waals surface area contributed by atoms with Crippen LogP contribution in [0.3, 0.4) is 0 Å². The maximum Gasteiger partial charge on any atom is 0.481 e. The van der Waals surface area contributed by atoms with Crippen molar-refractivity contribution >= 4 is 61.8 Å². The molecule has 5 heterocycles. The topological polar surface area (TPSA) is 384 Å². The van der Waals surface area contributed by atoms with Gasteiger partial charge in [0.25, 0.3) is 12.1 Å². The SMILES string of the molecule is [N-]=[N+]=Nc1ccc(C(=O)CSc2nc3c(N)ncnc3n2C2OC(COP(=O)(O)OP(=O)(O)OCC3OC([n+]4cccc(C(N)=O)c4)C(O)C3O)C(O)C2O)cc1. The van der Waals surface area contributed by atoms with E-state index in [0.717, 1.165) is 18.1 Å². The first-order valence-corrected chi connectivity index (χ1v) is 20.3. The number of primary amides is 1. The first-order valence-electron chi connectivity index (χ1n) is 16.3. The van der Waals surface area contributed by atoms with Crippen molar-refractivity contribution in [3.05, 3.63) is 76.7 Å². The minimum Gasteiger partial charge on any atom is -0.387 e. The zero-order valence-corrected chi connectivity index (χ0v) is 31.4. The summed E-state index contributed by atoms with van der Waals surface area (Å²) in [6, 6.07) is 8.63. The van der Waals surface area contributed by atoms with Gasteiger partial charge in [-0.3, -0.25) is 23.2 Å². The number of imidazole rings is 1. The van der Waals surface area contributed by atoms with Crippen LogP contribution in [0.5, 0.6) is 0 Å². The maximum absolute atomic E-state index is 13.0. The van der Waals surface area contributed by atoms with Crippen molar-refractivity contribution in [3.63, 3.8) is 0 Å². The number of nitrogens with two attached hydrogens (primary N) is 2. The van der Waals surface area contributed by atoms with Crippen molar-refractivity contribution in [3.8, 4) is 0 Å². The van der Waals surface area contributed by atoms with Gasteiger partial charge in [-0.25, -0.2) is 24.1 Å². The van der Waals surface area contributed by atoms with E-state index in [1.54, 1.807) is 0 Å². The van der Waals surface area contributed by atoms with Crippen LogP contribution in [0.25, 0.3) is 21.6 Å². The average Bonchev–Trinajstić information content (AvgIpc) is 3.78. The van der Waals surface area contributed by atoms with Gasteiger partial charge in [0, 0.05) is 22.2 Å². The van der Waals surface area contributed by atoms with Crippen LogP contribution in [0.1, 0.15) is 33.2 Å². The van der Waals surface area contributed by atoms with E-state index < -0.39 is 83.8 Å². The Labute approximate surface area is 323 Å². The summed E-state index contributed by atoms with van der Waals surface area (Å²) in [5, 5.41) is 46.3. The Hall–Kier alpha value is -4.46. The number of rotatable bonds is 16. The molecular formula is C29H33N10O15P2S+. The summed E-state index contributed by atoms with van der Waals surface area (Å²) in [7, 11) is -11.0. The number of aliphatic hydroxyl groups excluding tert-OH is 4. The molecule has 0 saturated carbocycles. The standard InChI is InChI=1S/C29H32N10O15P2S/c30-24-19-26(34-12-33-24)39(29(35-19)57-11-16(40)13-3-5-15(6-4-13)36-37-32)28-23(44)21(42)18(53-28)10-51-56(48,49)54-55(46,47)50-9-17-20(41)22(43)27(52-17)38-7-1-2-14(8-38)25(31)45/h1-8,12,17-18,20-23,27-28,41-44H,9-11H2,(H5-,30,31,33,34,45,46,47,48,49)/p+1. The number of carbonyl (C=O) groups excluding carboxylic acids is 2. The summed E-state index contributed by atoms with van der Waals surface area (Å²) in [4.78, 5) is 60.1. The molecule has 304 valence electrons. The zero-order valence-electron chi connectivity index (χ0n) is 28.8. The Morgan fingerprint density at radius 1 is 0.965 bits per heavy atom. The molecule has 28 heteroatoms. The van der Waals surface area contributed by atoms with Crippen LogP contribution in [0.4, 0.5) is 11.5 Å².